The molecular formula is C12H8F3NO2. The van der Waals surface area contributed by atoms with Crippen molar-refractivity contribution in [2.75, 3.05) is 13.7 Å². The van der Waals surface area contributed by atoms with Crippen molar-refractivity contribution in [3.63, 3.8) is 0 Å². The first-order valence-electron chi connectivity index (χ1n) is 4.98. The summed E-state index contributed by atoms with van der Waals surface area (Å²) in [6.07, 6.45) is -3.10. The molecule has 0 spiro atoms. The number of benzene rings is 1. The van der Waals surface area contributed by atoms with E-state index < -0.39 is 11.7 Å². The number of nitrogens with zero attached hydrogens (tertiary/aromatic N) is 1. The summed E-state index contributed by atoms with van der Waals surface area (Å²) in [5.74, 6) is 0.234. The second-order valence-electron chi connectivity index (χ2n) is 3.66. The molecule has 94 valence electrons. The Balaban J connectivity index is 2.61. The van der Waals surface area contributed by atoms with E-state index in [0.717, 1.165) is 12.1 Å². The number of hydrogen-bond donors (Lipinski definition) is 0. The largest absolute Gasteiger partial charge is 0.493 e. The van der Waals surface area contributed by atoms with Crippen LogP contribution in [0.1, 0.15) is 11.1 Å². The number of hydrogen-bond acceptors (Lipinski definition) is 3. The molecule has 1 heterocycles. The van der Waals surface area contributed by atoms with Crippen LogP contribution in [0.2, 0.25) is 0 Å². The van der Waals surface area contributed by atoms with Crippen LogP contribution in [0, 0.1) is 11.3 Å². The van der Waals surface area contributed by atoms with Crippen LogP contribution in [-0.2, 0) is 6.18 Å². The van der Waals surface area contributed by atoms with Crippen molar-refractivity contribution in [2.45, 2.75) is 6.18 Å². The van der Waals surface area contributed by atoms with Crippen LogP contribution in [0.5, 0.6) is 11.5 Å². The predicted molar refractivity (Wildman–Crippen MR) is 57.1 cm³/mol. The van der Waals surface area contributed by atoms with Gasteiger partial charge in [-0.25, -0.2) is 0 Å². The van der Waals surface area contributed by atoms with Gasteiger partial charge < -0.3 is 9.47 Å². The highest BCUT2D eigenvalue weighted by molar-refractivity contribution is 5.69. The number of alkyl halides is 3. The maximum Gasteiger partial charge on any atom is 0.416 e. The van der Waals surface area contributed by atoms with E-state index in [9.17, 15) is 13.2 Å². The third-order valence-electron chi connectivity index (χ3n) is 2.48. The first-order valence-corrected chi connectivity index (χ1v) is 4.98. The summed E-state index contributed by atoms with van der Waals surface area (Å²) >= 11 is 0. The fourth-order valence-electron chi connectivity index (χ4n) is 1.64. The third kappa shape index (κ3) is 2.12. The zero-order valence-electron chi connectivity index (χ0n) is 9.34. The van der Waals surface area contributed by atoms with Crippen LogP contribution < -0.4 is 9.47 Å². The van der Waals surface area contributed by atoms with E-state index in [1.807, 2.05) is 6.07 Å². The van der Waals surface area contributed by atoms with E-state index >= 15 is 0 Å². The van der Waals surface area contributed by atoms with Gasteiger partial charge in [-0.05, 0) is 18.2 Å². The lowest BCUT2D eigenvalue weighted by atomic mass is 10.0. The van der Waals surface area contributed by atoms with E-state index in [2.05, 4.69) is 0 Å². The molecule has 6 heteroatoms. The number of halogens is 3. The van der Waals surface area contributed by atoms with Crippen LogP contribution in [-0.4, -0.2) is 13.7 Å². The lowest BCUT2D eigenvalue weighted by Crippen LogP contribution is -2.11. The van der Waals surface area contributed by atoms with Gasteiger partial charge in [0.15, 0.2) is 11.5 Å². The minimum atomic E-state index is -4.47. The van der Waals surface area contributed by atoms with E-state index in [-0.39, 0.29) is 29.2 Å². The first-order chi connectivity index (χ1) is 8.45. The van der Waals surface area contributed by atoms with Gasteiger partial charge in [0.2, 0.25) is 0 Å². The number of fused-ring (bicyclic) bond motifs is 1. The molecule has 0 amide bonds. The molecule has 1 aromatic rings. The Hall–Kier alpha value is -2.16. The Morgan fingerprint density at radius 2 is 2.11 bits per heavy atom. The van der Waals surface area contributed by atoms with Crippen molar-refractivity contribution < 1.29 is 22.6 Å². The predicted octanol–water partition coefficient (Wildman–Crippen LogP) is 3.01. The van der Waals surface area contributed by atoms with E-state index in [1.165, 1.54) is 13.2 Å². The summed E-state index contributed by atoms with van der Waals surface area (Å²) in [4.78, 5) is 0. The Morgan fingerprint density at radius 3 is 2.67 bits per heavy atom. The van der Waals surface area contributed by atoms with Crippen LogP contribution in [0.3, 0.4) is 0 Å². The van der Waals surface area contributed by atoms with Crippen molar-refractivity contribution in [3.8, 4) is 17.6 Å². The first kappa shape index (κ1) is 12.3. The van der Waals surface area contributed by atoms with Crippen molar-refractivity contribution in [1.82, 2.24) is 0 Å². The van der Waals surface area contributed by atoms with Gasteiger partial charge in [-0.2, -0.15) is 18.4 Å². The zero-order chi connectivity index (χ0) is 13.3. The van der Waals surface area contributed by atoms with Gasteiger partial charge in [0.1, 0.15) is 6.61 Å². The van der Waals surface area contributed by atoms with Gasteiger partial charge in [-0.15, -0.1) is 0 Å². The Bertz CT molecular complexity index is 556. The highest BCUT2D eigenvalue weighted by atomic mass is 19.4. The summed E-state index contributed by atoms with van der Waals surface area (Å²) in [5.41, 5.74) is -0.370. The molecule has 0 bridgehead atoms. The van der Waals surface area contributed by atoms with Gasteiger partial charge in [0, 0.05) is 5.56 Å². The topological polar surface area (TPSA) is 42.2 Å². The van der Waals surface area contributed by atoms with Gasteiger partial charge >= 0.3 is 6.18 Å². The van der Waals surface area contributed by atoms with E-state index in [0.29, 0.717) is 0 Å². The molecule has 18 heavy (non-hydrogen) atoms. The van der Waals surface area contributed by atoms with Crippen molar-refractivity contribution in [2.24, 2.45) is 0 Å². The van der Waals surface area contributed by atoms with E-state index in [4.69, 9.17) is 14.7 Å². The molecule has 0 aliphatic carbocycles. The smallest absolute Gasteiger partial charge is 0.416 e. The van der Waals surface area contributed by atoms with Gasteiger partial charge in [0.05, 0.1) is 24.3 Å². The Labute approximate surface area is 101 Å². The standard InChI is InChI=1S/C12H8F3NO2/c1-17-10-4-9(12(13,14)15)3-8-2-7(5-16)6-18-11(8)10/h2-4H,6H2,1H3. The fraction of sp³-hybridized carbons (Fsp3) is 0.250. The molecule has 1 aliphatic rings. The van der Waals surface area contributed by atoms with Crippen molar-refractivity contribution in [3.05, 3.63) is 28.8 Å². The fourth-order valence-corrected chi connectivity index (χ4v) is 1.64. The van der Waals surface area contributed by atoms with Gasteiger partial charge in [-0.1, -0.05) is 0 Å². The molecule has 0 atom stereocenters. The summed E-state index contributed by atoms with van der Waals surface area (Å²) in [7, 11) is 1.27. The maximum absolute atomic E-state index is 12.7. The molecule has 1 aromatic carbocycles. The summed E-state index contributed by atoms with van der Waals surface area (Å²) in [6, 6.07) is 3.67. The van der Waals surface area contributed by atoms with E-state index in [1.54, 1.807) is 0 Å². The van der Waals surface area contributed by atoms with Crippen LogP contribution in [0.15, 0.2) is 17.7 Å². The number of rotatable bonds is 1. The average Bonchev–Trinajstić information content (AvgIpc) is 2.35. The number of methoxy groups -OCH3 is 1. The summed E-state index contributed by atoms with van der Waals surface area (Å²) < 4.78 is 48.1. The highest BCUT2D eigenvalue weighted by Gasteiger charge is 2.33. The highest BCUT2D eigenvalue weighted by Crippen LogP contribution is 2.41. The van der Waals surface area contributed by atoms with Crippen molar-refractivity contribution in [1.29, 1.82) is 5.26 Å². The summed E-state index contributed by atoms with van der Waals surface area (Å²) in [5, 5.41) is 8.72. The summed E-state index contributed by atoms with van der Waals surface area (Å²) in [6.45, 7) is 0.0330. The minimum Gasteiger partial charge on any atom is -0.493 e. The number of ether oxygens (including phenoxy) is 2. The molecule has 0 fully saturated rings. The Kier molecular flexibility index (Phi) is 2.91. The second-order valence-corrected chi connectivity index (χ2v) is 3.66. The normalized spacial score (nSPS) is 14.1. The Morgan fingerprint density at radius 1 is 1.39 bits per heavy atom. The molecule has 0 unspecified atom stereocenters. The quantitative estimate of drug-likeness (QED) is 0.774. The van der Waals surface area contributed by atoms with Crippen LogP contribution in [0.25, 0.3) is 6.08 Å². The maximum atomic E-state index is 12.7. The van der Waals surface area contributed by atoms with Crippen molar-refractivity contribution >= 4 is 6.08 Å². The molecule has 0 radical (unpaired) electrons. The minimum absolute atomic E-state index is 0.00747. The van der Waals surface area contributed by atoms with Gasteiger partial charge in [-0.3, -0.25) is 0 Å². The molecule has 2 rings (SSSR count). The lowest BCUT2D eigenvalue weighted by Gasteiger charge is -2.19. The lowest BCUT2D eigenvalue weighted by molar-refractivity contribution is -0.137. The average molecular weight is 255 g/mol. The molecule has 0 saturated carbocycles. The second kappa shape index (κ2) is 4.26. The molecule has 1 aliphatic heterocycles. The van der Waals surface area contributed by atoms with Crippen LogP contribution in [0.4, 0.5) is 13.2 Å². The monoisotopic (exact) mass is 255 g/mol. The molecule has 0 N–H and O–H groups in total. The SMILES string of the molecule is COc1cc(C(F)(F)F)cc2c1OCC(C#N)=C2. The third-order valence-corrected chi connectivity index (χ3v) is 2.48. The zero-order valence-corrected chi connectivity index (χ0v) is 9.34. The molecule has 0 aromatic heterocycles. The molecular weight excluding hydrogens is 247 g/mol. The molecule has 3 nitrogen and oxygen atoms in total. The molecule has 0 saturated heterocycles. The number of nitriles is 1. The van der Waals surface area contributed by atoms with Gasteiger partial charge in [0.25, 0.3) is 0 Å². The van der Waals surface area contributed by atoms with Crippen LogP contribution >= 0.6 is 0 Å².